The SMILES string of the molecule is CC1CN(C)CCN1CCOCCN1CCN(C)CC1C. The first-order valence-corrected chi connectivity index (χ1v) is 8.49. The van der Waals surface area contributed by atoms with Crippen LogP contribution in [0.1, 0.15) is 13.8 Å². The Hall–Kier alpha value is -0.200. The molecule has 2 fully saturated rings. The second-order valence-electron chi connectivity index (χ2n) is 6.91. The van der Waals surface area contributed by atoms with E-state index in [0.29, 0.717) is 12.1 Å². The largest absolute Gasteiger partial charge is 0.379 e. The van der Waals surface area contributed by atoms with Gasteiger partial charge in [-0.3, -0.25) is 9.80 Å². The topological polar surface area (TPSA) is 22.2 Å². The van der Waals surface area contributed by atoms with Crippen molar-refractivity contribution in [1.29, 1.82) is 0 Å². The van der Waals surface area contributed by atoms with Crippen LogP contribution in [-0.2, 0) is 4.74 Å². The van der Waals surface area contributed by atoms with E-state index >= 15 is 0 Å². The van der Waals surface area contributed by atoms with Crippen LogP contribution in [0, 0.1) is 0 Å². The predicted molar refractivity (Wildman–Crippen MR) is 87.9 cm³/mol. The minimum absolute atomic E-state index is 0.657. The van der Waals surface area contributed by atoms with E-state index in [1.54, 1.807) is 0 Å². The molecule has 2 rings (SSSR count). The molecule has 0 radical (unpaired) electrons. The Balaban J connectivity index is 1.54. The van der Waals surface area contributed by atoms with E-state index in [1.807, 2.05) is 0 Å². The quantitative estimate of drug-likeness (QED) is 0.655. The lowest BCUT2D eigenvalue weighted by molar-refractivity contribution is 0.0309. The number of hydrogen-bond donors (Lipinski definition) is 0. The van der Waals surface area contributed by atoms with E-state index in [9.17, 15) is 0 Å². The van der Waals surface area contributed by atoms with Crippen molar-refractivity contribution in [2.45, 2.75) is 25.9 Å². The smallest absolute Gasteiger partial charge is 0.0594 e. The van der Waals surface area contributed by atoms with Crippen molar-refractivity contribution in [3.8, 4) is 0 Å². The van der Waals surface area contributed by atoms with Crippen LogP contribution in [0.3, 0.4) is 0 Å². The zero-order chi connectivity index (χ0) is 15.2. The summed E-state index contributed by atoms with van der Waals surface area (Å²) >= 11 is 0. The number of likely N-dealkylation sites (N-methyl/N-ethyl adjacent to an activating group) is 2. The van der Waals surface area contributed by atoms with Gasteiger partial charge in [-0.05, 0) is 27.9 Å². The van der Waals surface area contributed by atoms with Gasteiger partial charge in [0.2, 0.25) is 0 Å². The van der Waals surface area contributed by atoms with E-state index in [4.69, 9.17) is 4.74 Å². The molecule has 2 saturated heterocycles. The molecule has 0 bridgehead atoms. The molecule has 2 unspecified atom stereocenters. The van der Waals surface area contributed by atoms with E-state index in [2.05, 4.69) is 47.5 Å². The molecule has 0 spiro atoms. The maximum atomic E-state index is 5.88. The molecule has 124 valence electrons. The molecule has 5 nitrogen and oxygen atoms in total. The molecule has 0 aromatic carbocycles. The third-order valence-corrected chi connectivity index (χ3v) is 4.98. The summed E-state index contributed by atoms with van der Waals surface area (Å²) in [5.41, 5.74) is 0. The van der Waals surface area contributed by atoms with Crippen molar-refractivity contribution in [3.05, 3.63) is 0 Å². The minimum Gasteiger partial charge on any atom is -0.379 e. The fourth-order valence-corrected chi connectivity index (χ4v) is 3.48. The number of rotatable bonds is 6. The number of ether oxygens (including phenoxy) is 1. The maximum absolute atomic E-state index is 5.88. The standard InChI is InChI=1S/C16H34N4O/c1-15-13-17(3)5-7-19(15)9-11-21-12-10-20-8-6-18(4)14-16(20)2/h15-16H,5-14H2,1-4H3. The first kappa shape index (κ1) is 17.2. The summed E-state index contributed by atoms with van der Waals surface area (Å²) in [6.07, 6.45) is 0. The Bertz CT molecular complexity index is 274. The molecular formula is C16H34N4O. The highest BCUT2D eigenvalue weighted by atomic mass is 16.5. The highest BCUT2D eigenvalue weighted by molar-refractivity contribution is 4.78. The lowest BCUT2D eigenvalue weighted by Crippen LogP contribution is -2.52. The van der Waals surface area contributed by atoms with Crippen LogP contribution >= 0.6 is 0 Å². The molecule has 2 atom stereocenters. The van der Waals surface area contributed by atoms with E-state index < -0.39 is 0 Å². The Kier molecular flexibility index (Phi) is 6.89. The third kappa shape index (κ3) is 5.49. The van der Waals surface area contributed by atoms with Gasteiger partial charge < -0.3 is 14.5 Å². The zero-order valence-electron chi connectivity index (χ0n) is 14.4. The lowest BCUT2D eigenvalue weighted by Gasteiger charge is -2.38. The highest BCUT2D eigenvalue weighted by Crippen LogP contribution is 2.08. The van der Waals surface area contributed by atoms with Crippen molar-refractivity contribution in [2.24, 2.45) is 0 Å². The van der Waals surface area contributed by atoms with Gasteiger partial charge in [-0.2, -0.15) is 0 Å². The molecule has 2 heterocycles. The van der Waals surface area contributed by atoms with Crippen molar-refractivity contribution in [1.82, 2.24) is 19.6 Å². The van der Waals surface area contributed by atoms with Crippen LogP contribution in [0.5, 0.6) is 0 Å². The average Bonchev–Trinajstić information content (AvgIpc) is 2.42. The predicted octanol–water partition coefficient (Wildman–Crippen LogP) is 0.275. The summed E-state index contributed by atoms with van der Waals surface area (Å²) in [5, 5.41) is 0. The summed E-state index contributed by atoms with van der Waals surface area (Å²) < 4.78 is 5.88. The van der Waals surface area contributed by atoms with Gasteiger partial charge in [-0.25, -0.2) is 0 Å². The van der Waals surface area contributed by atoms with Gasteiger partial charge in [-0.1, -0.05) is 0 Å². The average molecular weight is 298 g/mol. The van der Waals surface area contributed by atoms with Crippen LogP contribution in [0.4, 0.5) is 0 Å². The summed E-state index contributed by atoms with van der Waals surface area (Å²) in [6.45, 7) is 15.6. The molecule has 0 N–H and O–H groups in total. The van der Waals surface area contributed by atoms with Crippen molar-refractivity contribution in [2.75, 3.05) is 79.7 Å². The minimum atomic E-state index is 0.657. The monoisotopic (exact) mass is 298 g/mol. The number of piperazine rings is 2. The molecule has 0 aromatic heterocycles. The first-order valence-electron chi connectivity index (χ1n) is 8.49. The highest BCUT2D eigenvalue weighted by Gasteiger charge is 2.22. The van der Waals surface area contributed by atoms with Gasteiger partial charge in [0.15, 0.2) is 0 Å². The molecule has 2 aliphatic heterocycles. The Labute approximate surface area is 130 Å². The number of hydrogen-bond acceptors (Lipinski definition) is 5. The molecule has 0 saturated carbocycles. The van der Waals surface area contributed by atoms with Crippen LogP contribution < -0.4 is 0 Å². The molecule has 21 heavy (non-hydrogen) atoms. The van der Waals surface area contributed by atoms with Crippen molar-refractivity contribution in [3.63, 3.8) is 0 Å². The fraction of sp³-hybridized carbons (Fsp3) is 1.00. The van der Waals surface area contributed by atoms with Gasteiger partial charge in [0.1, 0.15) is 0 Å². The van der Waals surface area contributed by atoms with Crippen molar-refractivity contribution >= 4 is 0 Å². The summed E-state index contributed by atoms with van der Waals surface area (Å²) in [7, 11) is 4.42. The van der Waals surface area contributed by atoms with Gasteiger partial charge >= 0.3 is 0 Å². The molecule has 5 heteroatoms. The van der Waals surface area contributed by atoms with E-state index in [1.165, 1.54) is 39.3 Å². The van der Waals surface area contributed by atoms with Gasteiger partial charge in [0.05, 0.1) is 13.2 Å². The summed E-state index contributed by atoms with van der Waals surface area (Å²) in [5.74, 6) is 0. The molecular weight excluding hydrogens is 264 g/mol. The van der Waals surface area contributed by atoms with Gasteiger partial charge in [0, 0.05) is 64.4 Å². The Morgan fingerprint density at radius 2 is 1.19 bits per heavy atom. The van der Waals surface area contributed by atoms with Crippen LogP contribution in [-0.4, -0.2) is 111 Å². The van der Waals surface area contributed by atoms with Crippen LogP contribution in [0.15, 0.2) is 0 Å². The molecule has 0 amide bonds. The molecule has 0 aromatic rings. The third-order valence-electron chi connectivity index (χ3n) is 4.98. The van der Waals surface area contributed by atoms with Crippen molar-refractivity contribution < 1.29 is 4.74 Å². The maximum Gasteiger partial charge on any atom is 0.0594 e. The van der Waals surface area contributed by atoms with Crippen LogP contribution in [0.25, 0.3) is 0 Å². The summed E-state index contributed by atoms with van der Waals surface area (Å²) in [6, 6.07) is 1.31. The zero-order valence-corrected chi connectivity index (χ0v) is 14.4. The van der Waals surface area contributed by atoms with Gasteiger partial charge in [0.25, 0.3) is 0 Å². The lowest BCUT2D eigenvalue weighted by atomic mass is 10.2. The van der Waals surface area contributed by atoms with E-state index in [-0.39, 0.29) is 0 Å². The second kappa shape index (κ2) is 8.44. The van der Waals surface area contributed by atoms with E-state index in [0.717, 1.165) is 26.3 Å². The second-order valence-corrected chi connectivity index (χ2v) is 6.91. The Morgan fingerprint density at radius 3 is 1.57 bits per heavy atom. The summed E-state index contributed by atoms with van der Waals surface area (Å²) in [4.78, 5) is 9.94. The Morgan fingerprint density at radius 1 is 0.762 bits per heavy atom. The fourth-order valence-electron chi connectivity index (χ4n) is 3.48. The molecule has 0 aliphatic carbocycles. The number of nitrogens with zero attached hydrogens (tertiary/aromatic N) is 4. The van der Waals surface area contributed by atoms with Crippen LogP contribution in [0.2, 0.25) is 0 Å². The normalized spacial score (nSPS) is 30.9. The van der Waals surface area contributed by atoms with Gasteiger partial charge in [-0.15, -0.1) is 0 Å². The molecule has 2 aliphatic rings. The first-order chi connectivity index (χ1) is 10.1.